The van der Waals surface area contributed by atoms with Gasteiger partial charge in [-0.3, -0.25) is 0 Å². The SMILES string of the molecule is CCCNC(Cc1ccccc1C)c1sc(C)cc1Br. The van der Waals surface area contributed by atoms with Gasteiger partial charge in [0.15, 0.2) is 0 Å². The van der Waals surface area contributed by atoms with Crippen molar-refractivity contribution in [1.82, 2.24) is 5.32 Å². The number of rotatable bonds is 6. The predicted molar refractivity (Wildman–Crippen MR) is 92.7 cm³/mol. The molecule has 1 aromatic carbocycles. The van der Waals surface area contributed by atoms with Crippen LogP contribution in [0.15, 0.2) is 34.8 Å². The molecule has 0 saturated carbocycles. The smallest absolute Gasteiger partial charge is 0.0467 e. The van der Waals surface area contributed by atoms with E-state index in [2.05, 4.69) is 72.3 Å². The normalized spacial score (nSPS) is 12.6. The van der Waals surface area contributed by atoms with Crippen molar-refractivity contribution in [2.24, 2.45) is 0 Å². The Morgan fingerprint density at radius 2 is 2.00 bits per heavy atom. The monoisotopic (exact) mass is 351 g/mol. The van der Waals surface area contributed by atoms with Gasteiger partial charge < -0.3 is 5.32 Å². The molecular weight excluding hydrogens is 330 g/mol. The Kier molecular flexibility index (Phi) is 5.82. The Hall–Kier alpha value is -0.640. The largest absolute Gasteiger partial charge is 0.309 e. The van der Waals surface area contributed by atoms with Gasteiger partial charge in [0.1, 0.15) is 0 Å². The number of halogens is 1. The third-order valence-corrected chi connectivity index (χ3v) is 5.56. The summed E-state index contributed by atoms with van der Waals surface area (Å²) < 4.78 is 1.24. The van der Waals surface area contributed by atoms with Gasteiger partial charge in [-0.25, -0.2) is 0 Å². The minimum absolute atomic E-state index is 0.393. The van der Waals surface area contributed by atoms with Crippen LogP contribution in [0, 0.1) is 13.8 Å². The fraction of sp³-hybridized carbons (Fsp3) is 0.412. The van der Waals surface area contributed by atoms with E-state index in [1.54, 1.807) is 0 Å². The average Bonchev–Trinajstić information content (AvgIpc) is 2.75. The number of aryl methyl sites for hydroxylation is 2. The quantitative estimate of drug-likeness (QED) is 0.733. The van der Waals surface area contributed by atoms with E-state index in [4.69, 9.17) is 0 Å². The first-order chi connectivity index (χ1) is 9.61. The minimum atomic E-state index is 0.393. The van der Waals surface area contributed by atoms with Gasteiger partial charge >= 0.3 is 0 Å². The summed E-state index contributed by atoms with van der Waals surface area (Å²) in [5.74, 6) is 0. The van der Waals surface area contributed by atoms with Crippen LogP contribution in [0.2, 0.25) is 0 Å². The highest BCUT2D eigenvalue weighted by molar-refractivity contribution is 9.10. The van der Waals surface area contributed by atoms with Gasteiger partial charge in [-0.05, 0) is 66.4 Å². The number of thiophene rings is 1. The summed E-state index contributed by atoms with van der Waals surface area (Å²) in [5.41, 5.74) is 2.80. The van der Waals surface area contributed by atoms with Crippen LogP contribution >= 0.6 is 27.3 Å². The van der Waals surface area contributed by atoms with E-state index in [0.29, 0.717) is 6.04 Å². The molecule has 1 nitrogen and oxygen atoms in total. The summed E-state index contributed by atoms with van der Waals surface area (Å²) in [6.45, 7) is 7.64. The average molecular weight is 352 g/mol. The molecule has 1 N–H and O–H groups in total. The second kappa shape index (κ2) is 7.39. The Morgan fingerprint density at radius 3 is 2.60 bits per heavy atom. The fourth-order valence-electron chi connectivity index (χ4n) is 2.37. The van der Waals surface area contributed by atoms with Gasteiger partial charge in [0.2, 0.25) is 0 Å². The molecule has 2 rings (SSSR count). The van der Waals surface area contributed by atoms with Gasteiger partial charge in [0.05, 0.1) is 0 Å². The minimum Gasteiger partial charge on any atom is -0.309 e. The lowest BCUT2D eigenvalue weighted by atomic mass is 10.00. The molecule has 0 aliphatic carbocycles. The highest BCUT2D eigenvalue weighted by Gasteiger charge is 2.17. The summed E-state index contributed by atoms with van der Waals surface area (Å²) in [4.78, 5) is 2.78. The van der Waals surface area contributed by atoms with E-state index in [1.165, 1.54) is 25.4 Å². The van der Waals surface area contributed by atoms with Crippen molar-refractivity contribution in [1.29, 1.82) is 0 Å². The van der Waals surface area contributed by atoms with Crippen LogP contribution in [0.4, 0.5) is 0 Å². The first kappa shape index (κ1) is 15.7. The third-order valence-electron chi connectivity index (χ3n) is 3.48. The van der Waals surface area contributed by atoms with Gasteiger partial charge in [-0.1, -0.05) is 31.2 Å². The first-order valence-electron chi connectivity index (χ1n) is 7.15. The second-order valence-electron chi connectivity index (χ2n) is 5.21. The van der Waals surface area contributed by atoms with Crippen molar-refractivity contribution in [2.75, 3.05) is 6.54 Å². The maximum Gasteiger partial charge on any atom is 0.0467 e. The first-order valence-corrected chi connectivity index (χ1v) is 8.76. The number of benzene rings is 1. The van der Waals surface area contributed by atoms with Crippen molar-refractivity contribution in [2.45, 2.75) is 39.7 Å². The molecule has 1 unspecified atom stereocenters. The molecule has 0 saturated heterocycles. The molecule has 2 aromatic rings. The van der Waals surface area contributed by atoms with Crippen LogP contribution in [-0.2, 0) is 6.42 Å². The number of hydrogen-bond acceptors (Lipinski definition) is 2. The third kappa shape index (κ3) is 3.94. The Balaban J connectivity index is 2.24. The topological polar surface area (TPSA) is 12.0 Å². The van der Waals surface area contributed by atoms with Crippen molar-refractivity contribution >= 4 is 27.3 Å². The van der Waals surface area contributed by atoms with Gasteiger partial charge in [0.25, 0.3) is 0 Å². The summed E-state index contributed by atoms with van der Waals surface area (Å²) in [5, 5.41) is 3.70. The molecule has 1 aromatic heterocycles. The van der Waals surface area contributed by atoms with E-state index in [9.17, 15) is 0 Å². The molecule has 1 atom stereocenters. The van der Waals surface area contributed by atoms with Crippen LogP contribution < -0.4 is 5.32 Å². The molecule has 0 aliphatic heterocycles. The fourth-order valence-corrected chi connectivity index (χ4v) is 4.38. The lowest BCUT2D eigenvalue weighted by Crippen LogP contribution is -2.23. The van der Waals surface area contributed by atoms with E-state index in [-0.39, 0.29) is 0 Å². The Labute approximate surface area is 134 Å². The van der Waals surface area contributed by atoms with Gasteiger partial charge in [-0.2, -0.15) is 0 Å². The molecule has 0 fully saturated rings. The molecule has 108 valence electrons. The van der Waals surface area contributed by atoms with E-state index in [1.807, 2.05) is 11.3 Å². The van der Waals surface area contributed by atoms with Crippen LogP contribution in [-0.4, -0.2) is 6.54 Å². The lowest BCUT2D eigenvalue weighted by molar-refractivity contribution is 0.534. The summed E-state index contributed by atoms with van der Waals surface area (Å²) in [6.07, 6.45) is 2.21. The second-order valence-corrected chi connectivity index (χ2v) is 7.35. The van der Waals surface area contributed by atoms with E-state index >= 15 is 0 Å². The zero-order valence-electron chi connectivity index (χ0n) is 12.4. The van der Waals surface area contributed by atoms with Crippen LogP contribution in [0.1, 0.15) is 40.3 Å². The standard InChI is InChI=1S/C17H22BrNS/c1-4-9-19-16(17-15(18)10-13(3)20-17)11-14-8-6-5-7-12(14)2/h5-8,10,16,19H,4,9,11H2,1-3H3. The van der Waals surface area contributed by atoms with Crippen LogP contribution in [0.5, 0.6) is 0 Å². The molecule has 3 heteroatoms. The molecule has 0 amide bonds. The molecule has 0 aliphatic rings. The molecule has 0 bridgehead atoms. The maximum absolute atomic E-state index is 3.71. The molecule has 0 spiro atoms. The zero-order chi connectivity index (χ0) is 14.5. The van der Waals surface area contributed by atoms with Crippen molar-refractivity contribution in [3.05, 3.63) is 55.7 Å². The Morgan fingerprint density at radius 1 is 1.25 bits per heavy atom. The summed E-state index contributed by atoms with van der Waals surface area (Å²) >= 11 is 5.60. The zero-order valence-corrected chi connectivity index (χ0v) is 14.8. The van der Waals surface area contributed by atoms with Crippen molar-refractivity contribution in [3.63, 3.8) is 0 Å². The van der Waals surface area contributed by atoms with Crippen LogP contribution in [0.3, 0.4) is 0 Å². The highest BCUT2D eigenvalue weighted by Crippen LogP contribution is 2.34. The summed E-state index contributed by atoms with van der Waals surface area (Å²) in [6, 6.07) is 11.3. The van der Waals surface area contributed by atoms with E-state index < -0.39 is 0 Å². The predicted octanol–water partition coefficient (Wildman–Crippen LogP) is 5.41. The Bertz CT molecular complexity index is 562. The number of nitrogens with one attached hydrogen (secondary N) is 1. The highest BCUT2D eigenvalue weighted by atomic mass is 79.9. The molecule has 20 heavy (non-hydrogen) atoms. The number of hydrogen-bond donors (Lipinski definition) is 1. The molecule has 0 radical (unpaired) electrons. The van der Waals surface area contributed by atoms with Gasteiger partial charge in [0, 0.05) is 20.3 Å². The maximum atomic E-state index is 3.71. The lowest BCUT2D eigenvalue weighted by Gasteiger charge is -2.19. The molecular formula is C17H22BrNS. The van der Waals surface area contributed by atoms with Crippen molar-refractivity contribution in [3.8, 4) is 0 Å². The van der Waals surface area contributed by atoms with E-state index in [0.717, 1.165) is 19.4 Å². The van der Waals surface area contributed by atoms with Gasteiger partial charge in [-0.15, -0.1) is 11.3 Å². The summed E-state index contributed by atoms with van der Waals surface area (Å²) in [7, 11) is 0. The molecule has 1 heterocycles. The van der Waals surface area contributed by atoms with Crippen LogP contribution in [0.25, 0.3) is 0 Å². The van der Waals surface area contributed by atoms with Crippen molar-refractivity contribution < 1.29 is 0 Å².